The summed E-state index contributed by atoms with van der Waals surface area (Å²) >= 11 is 6.01. The Balaban J connectivity index is 2.17. The number of fused-ring (bicyclic) bond motifs is 1. The Bertz CT molecular complexity index is 586. The topological polar surface area (TPSA) is 75.3 Å². The van der Waals surface area contributed by atoms with Crippen molar-refractivity contribution in [3.05, 3.63) is 23.2 Å². The van der Waals surface area contributed by atoms with Gasteiger partial charge in [0, 0.05) is 6.26 Å². The number of carbonyl (C=O) groups is 1. The number of benzene rings is 1. The number of halogens is 1. The van der Waals surface area contributed by atoms with Gasteiger partial charge in [-0.25, -0.2) is 8.42 Å². The van der Waals surface area contributed by atoms with Gasteiger partial charge in [-0.1, -0.05) is 17.7 Å². The monoisotopic (exact) mass is 288 g/mol. The number of rotatable bonds is 3. The van der Waals surface area contributed by atoms with Crippen LogP contribution in [0.15, 0.2) is 18.2 Å². The maximum atomic E-state index is 11.8. The minimum absolute atomic E-state index is 0.0438. The van der Waals surface area contributed by atoms with E-state index in [0.29, 0.717) is 16.4 Å². The van der Waals surface area contributed by atoms with E-state index in [4.69, 9.17) is 11.6 Å². The number of para-hydroxylation sites is 1. The fourth-order valence-corrected chi connectivity index (χ4v) is 2.66. The molecule has 0 aromatic heterocycles. The summed E-state index contributed by atoms with van der Waals surface area (Å²) in [4.78, 5) is 11.8. The summed E-state index contributed by atoms with van der Waals surface area (Å²) in [7, 11) is -3.09. The molecule has 1 aromatic carbocycles. The molecule has 1 amide bonds. The second-order valence-electron chi connectivity index (χ2n) is 4.27. The van der Waals surface area contributed by atoms with Gasteiger partial charge in [-0.3, -0.25) is 4.79 Å². The zero-order chi connectivity index (χ0) is 13.3. The molecule has 1 unspecified atom stereocenters. The highest BCUT2D eigenvalue weighted by Gasteiger charge is 2.27. The van der Waals surface area contributed by atoms with Gasteiger partial charge in [-0.05, 0) is 18.6 Å². The summed E-state index contributed by atoms with van der Waals surface area (Å²) in [6, 6.07) is 4.60. The molecule has 0 aliphatic carbocycles. The number of nitrogens with one attached hydrogen (secondary N) is 2. The Morgan fingerprint density at radius 1 is 1.39 bits per heavy atom. The molecule has 0 saturated carbocycles. The standard InChI is InChI=1S/C11H13ClN2O3S/c1-18(16,17)6-5-9-11(15)14-8-4-2-3-7(12)10(8)13-9/h2-4,9,13H,5-6H2,1H3,(H,14,15). The highest BCUT2D eigenvalue weighted by molar-refractivity contribution is 7.90. The van der Waals surface area contributed by atoms with E-state index in [0.717, 1.165) is 6.26 Å². The third-order valence-corrected chi connectivity index (χ3v) is 3.98. The quantitative estimate of drug-likeness (QED) is 0.884. The highest BCUT2D eigenvalue weighted by Crippen LogP contribution is 2.34. The lowest BCUT2D eigenvalue weighted by atomic mass is 10.1. The van der Waals surface area contributed by atoms with Crippen molar-refractivity contribution in [1.82, 2.24) is 0 Å². The van der Waals surface area contributed by atoms with E-state index in [-0.39, 0.29) is 18.1 Å². The normalized spacial score (nSPS) is 18.8. The molecular formula is C11H13ClN2O3S. The van der Waals surface area contributed by atoms with Crippen molar-refractivity contribution in [2.24, 2.45) is 0 Å². The van der Waals surface area contributed by atoms with E-state index < -0.39 is 15.9 Å². The average molecular weight is 289 g/mol. The van der Waals surface area contributed by atoms with E-state index in [2.05, 4.69) is 10.6 Å². The molecule has 2 N–H and O–H groups in total. The minimum atomic E-state index is -3.09. The Morgan fingerprint density at radius 3 is 2.78 bits per heavy atom. The molecule has 1 atom stereocenters. The van der Waals surface area contributed by atoms with Crippen molar-refractivity contribution < 1.29 is 13.2 Å². The third-order valence-electron chi connectivity index (χ3n) is 2.68. The molecule has 0 saturated heterocycles. The van der Waals surface area contributed by atoms with Crippen LogP contribution in [0.4, 0.5) is 11.4 Å². The van der Waals surface area contributed by atoms with Crippen LogP contribution in [0.2, 0.25) is 5.02 Å². The lowest BCUT2D eigenvalue weighted by Gasteiger charge is -2.27. The number of anilines is 2. The van der Waals surface area contributed by atoms with Gasteiger partial charge < -0.3 is 10.6 Å². The molecule has 0 fully saturated rings. The Hall–Kier alpha value is -1.27. The van der Waals surface area contributed by atoms with E-state index in [9.17, 15) is 13.2 Å². The van der Waals surface area contributed by atoms with Gasteiger partial charge >= 0.3 is 0 Å². The van der Waals surface area contributed by atoms with Crippen LogP contribution in [-0.4, -0.2) is 32.4 Å². The lowest BCUT2D eigenvalue weighted by Crippen LogP contribution is -2.40. The smallest absolute Gasteiger partial charge is 0.246 e. The first-order valence-electron chi connectivity index (χ1n) is 5.40. The first-order valence-corrected chi connectivity index (χ1v) is 7.84. The van der Waals surface area contributed by atoms with Crippen molar-refractivity contribution >= 4 is 38.7 Å². The fraction of sp³-hybridized carbons (Fsp3) is 0.364. The molecule has 1 aromatic rings. The van der Waals surface area contributed by atoms with Crippen LogP contribution in [0.3, 0.4) is 0 Å². The molecule has 0 radical (unpaired) electrons. The molecule has 1 aliphatic heterocycles. The molecule has 0 spiro atoms. The number of amides is 1. The van der Waals surface area contributed by atoms with Gasteiger partial charge in [0.05, 0.1) is 22.2 Å². The SMILES string of the molecule is CS(=O)(=O)CCC1Nc2c(Cl)cccc2NC1=O. The van der Waals surface area contributed by atoms with Crippen LogP contribution < -0.4 is 10.6 Å². The number of carbonyl (C=O) groups excluding carboxylic acids is 1. The van der Waals surface area contributed by atoms with Crippen LogP contribution in [-0.2, 0) is 14.6 Å². The zero-order valence-corrected chi connectivity index (χ0v) is 11.3. The Labute approximate surface area is 110 Å². The first kappa shape index (κ1) is 13.2. The molecule has 18 heavy (non-hydrogen) atoms. The number of sulfone groups is 1. The van der Waals surface area contributed by atoms with Gasteiger partial charge in [0.2, 0.25) is 5.91 Å². The summed E-state index contributed by atoms with van der Waals surface area (Å²) in [6.07, 6.45) is 1.37. The molecule has 98 valence electrons. The van der Waals surface area contributed by atoms with Crippen LogP contribution in [0, 0.1) is 0 Å². The van der Waals surface area contributed by atoms with Gasteiger partial charge in [0.25, 0.3) is 0 Å². The number of hydrogen-bond donors (Lipinski definition) is 2. The zero-order valence-electron chi connectivity index (χ0n) is 9.73. The van der Waals surface area contributed by atoms with E-state index in [1.807, 2.05) is 0 Å². The predicted molar refractivity (Wildman–Crippen MR) is 71.8 cm³/mol. The molecular weight excluding hydrogens is 276 g/mol. The summed E-state index contributed by atoms with van der Waals surface area (Å²) in [6.45, 7) is 0. The van der Waals surface area contributed by atoms with E-state index in [1.165, 1.54) is 0 Å². The lowest BCUT2D eigenvalue weighted by molar-refractivity contribution is -0.117. The molecule has 5 nitrogen and oxygen atoms in total. The molecule has 1 aliphatic rings. The van der Waals surface area contributed by atoms with Crippen molar-refractivity contribution in [2.45, 2.75) is 12.5 Å². The Kier molecular flexibility index (Phi) is 3.49. The van der Waals surface area contributed by atoms with Crippen LogP contribution in [0.1, 0.15) is 6.42 Å². The van der Waals surface area contributed by atoms with E-state index >= 15 is 0 Å². The Morgan fingerprint density at radius 2 is 2.11 bits per heavy atom. The third kappa shape index (κ3) is 2.94. The van der Waals surface area contributed by atoms with E-state index in [1.54, 1.807) is 18.2 Å². The summed E-state index contributed by atoms with van der Waals surface area (Å²) < 4.78 is 22.2. The molecule has 2 rings (SSSR count). The van der Waals surface area contributed by atoms with Crippen LogP contribution >= 0.6 is 11.6 Å². The van der Waals surface area contributed by atoms with Crippen molar-refractivity contribution in [3.63, 3.8) is 0 Å². The molecule has 1 heterocycles. The van der Waals surface area contributed by atoms with Crippen molar-refractivity contribution in [2.75, 3.05) is 22.6 Å². The summed E-state index contributed by atoms with van der Waals surface area (Å²) in [5.74, 6) is -0.286. The summed E-state index contributed by atoms with van der Waals surface area (Å²) in [5, 5.41) is 6.18. The number of hydrogen-bond acceptors (Lipinski definition) is 4. The maximum Gasteiger partial charge on any atom is 0.246 e. The second-order valence-corrected chi connectivity index (χ2v) is 6.93. The molecule has 0 bridgehead atoms. The molecule has 7 heteroatoms. The second kappa shape index (κ2) is 4.78. The van der Waals surface area contributed by atoms with Gasteiger partial charge in [0.1, 0.15) is 15.9 Å². The van der Waals surface area contributed by atoms with Crippen molar-refractivity contribution in [1.29, 1.82) is 0 Å². The van der Waals surface area contributed by atoms with Gasteiger partial charge in [0.15, 0.2) is 0 Å². The van der Waals surface area contributed by atoms with Crippen molar-refractivity contribution in [3.8, 4) is 0 Å². The highest BCUT2D eigenvalue weighted by atomic mass is 35.5. The predicted octanol–water partition coefficient (Wildman–Crippen LogP) is 1.51. The van der Waals surface area contributed by atoms with Crippen LogP contribution in [0.5, 0.6) is 0 Å². The summed E-state index contributed by atoms with van der Waals surface area (Å²) in [5.41, 5.74) is 1.25. The van der Waals surface area contributed by atoms with Gasteiger partial charge in [-0.2, -0.15) is 0 Å². The largest absolute Gasteiger partial charge is 0.371 e. The minimum Gasteiger partial charge on any atom is -0.371 e. The first-order chi connectivity index (χ1) is 8.37. The van der Waals surface area contributed by atoms with Gasteiger partial charge in [-0.15, -0.1) is 0 Å². The average Bonchev–Trinajstić information content (AvgIpc) is 2.26. The maximum absolute atomic E-state index is 11.8. The van der Waals surface area contributed by atoms with Crippen LogP contribution in [0.25, 0.3) is 0 Å². The fourth-order valence-electron chi connectivity index (χ4n) is 1.77.